The Labute approximate surface area is 90.2 Å². The summed E-state index contributed by atoms with van der Waals surface area (Å²) in [5.74, 6) is -0.0586. The molecule has 14 heavy (non-hydrogen) atoms. The van der Waals surface area contributed by atoms with Gasteiger partial charge in [-0.2, -0.15) is 0 Å². The highest BCUT2D eigenvalue weighted by molar-refractivity contribution is 7.12. The predicted octanol–water partition coefficient (Wildman–Crippen LogP) is 3.03. The standard InChI is InChI=1S/C10H6ClNOS/c11-7-3-4-8(12-6-7)10(13)9-2-1-5-14-9/h1-6H. The Morgan fingerprint density at radius 1 is 1.36 bits per heavy atom. The largest absolute Gasteiger partial charge is 0.286 e. The van der Waals surface area contributed by atoms with Crippen LogP contribution in [0.5, 0.6) is 0 Å². The van der Waals surface area contributed by atoms with Crippen molar-refractivity contribution >= 4 is 28.7 Å². The van der Waals surface area contributed by atoms with Gasteiger partial charge in [0.05, 0.1) is 9.90 Å². The highest BCUT2D eigenvalue weighted by atomic mass is 35.5. The van der Waals surface area contributed by atoms with E-state index in [0.717, 1.165) is 0 Å². The Hall–Kier alpha value is -1.19. The van der Waals surface area contributed by atoms with Gasteiger partial charge in [0, 0.05) is 6.20 Å². The average Bonchev–Trinajstić information content (AvgIpc) is 2.71. The van der Waals surface area contributed by atoms with Gasteiger partial charge in [0.15, 0.2) is 0 Å². The van der Waals surface area contributed by atoms with Crippen molar-refractivity contribution in [1.82, 2.24) is 4.98 Å². The van der Waals surface area contributed by atoms with Gasteiger partial charge in [0.1, 0.15) is 5.69 Å². The van der Waals surface area contributed by atoms with Crippen molar-refractivity contribution < 1.29 is 4.79 Å². The molecule has 0 spiro atoms. The van der Waals surface area contributed by atoms with Crippen molar-refractivity contribution in [2.24, 2.45) is 0 Å². The smallest absolute Gasteiger partial charge is 0.221 e. The molecule has 2 aromatic rings. The van der Waals surface area contributed by atoms with Crippen LogP contribution in [-0.2, 0) is 0 Å². The number of aromatic nitrogens is 1. The summed E-state index contributed by atoms with van der Waals surface area (Å²) in [4.78, 5) is 16.4. The first kappa shape index (κ1) is 9.37. The molecule has 0 saturated carbocycles. The molecule has 0 aliphatic carbocycles. The zero-order chi connectivity index (χ0) is 9.97. The summed E-state index contributed by atoms with van der Waals surface area (Å²) in [6.07, 6.45) is 1.47. The molecule has 0 aliphatic heterocycles. The van der Waals surface area contributed by atoms with Crippen molar-refractivity contribution in [2.75, 3.05) is 0 Å². The first-order valence-corrected chi connectivity index (χ1v) is 5.23. The molecule has 2 heterocycles. The fourth-order valence-corrected chi connectivity index (χ4v) is 1.83. The topological polar surface area (TPSA) is 30.0 Å². The van der Waals surface area contributed by atoms with Crippen LogP contribution in [-0.4, -0.2) is 10.8 Å². The molecule has 0 amide bonds. The first-order chi connectivity index (χ1) is 6.77. The van der Waals surface area contributed by atoms with Crippen molar-refractivity contribution in [2.45, 2.75) is 0 Å². The summed E-state index contributed by atoms with van der Waals surface area (Å²) >= 11 is 7.08. The quantitative estimate of drug-likeness (QED) is 0.733. The van der Waals surface area contributed by atoms with E-state index in [1.54, 1.807) is 18.2 Å². The Kier molecular flexibility index (Phi) is 2.61. The van der Waals surface area contributed by atoms with Gasteiger partial charge in [-0.15, -0.1) is 11.3 Å². The maximum absolute atomic E-state index is 11.7. The van der Waals surface area contributed by atoms with Crippen LogP contribution in [0.25, 0.3) is 0 Å². The second-order valence-corrected chi connectivity index (χ2v) is 4.05. The second-order valence-electron chi connectivity index (χ2n) is 2.67. The normalized spacial score (nSPS) is 10.1. The van der Waals surface area contributed by atoms with Gasteiger partial charge in [0.2, 0.25) is 5.78 Å². The summed E-state index contributed by atoms with van der Waals surface area (Å²) in [7, 11) is 0. The van der Waals surface area contributed by atoms with Gasteiger partial charge in [-0.05, 0) is 23.6 Å². The van der Waals surface area contributed by atoms with E-state index >= 15 is 0 Å². The molecule has 0 bridgehead atoms. The van der Waals surface area contributed by atoms with E-state index < -0.39 is 0 Å². The molecular weight excluding hydrogens is 218 g/mol. The number of ketones is 1. The lowest BCUT2D eigenvalue weighted by atomic mass is 10.2. The number of rotatable bonds is 2. The molecule has 0 atom stereocenters. The van der Waals surface area contributed by atoms with Crippen LogP contribution >= 0.6 is 22.9 Å². The molecule has 0 N–H and O–H groups in total. The number of halogens is 1. The Morgan fingerprint density at radius 2 is 2.21 bits per heavy atom. The molecule has 0 aliphatic rings. The molecule has 0 saturated heterocycles. The van der Waals surface area contributed by atoms with Gasteiger partial charge in [-0.3, -0.25) is 9.78 Å². The number of pyridine rings is 1. The Balaban J connectivity index is 2.33. The molecule has 0 fully saturated rings. The third-order valence-corrected chi connectivity index (χ3v) is 2.80. The number of thiophene rings is 1. The summed E-state index contributed by atoms with van der Waals surface area (Å²) < 4.78 is 0. The summed E-state index contributed by atoms with van der Waals surface area (Å²) in [6.45, 7) is 0. The average molecular weight is 224 g/mol. The van der Waals surface area contributed by atoms with Crippen molar-refractivity contribution in [3.05, 3.63) is 51.4 Å². The Morgan fingerprint density at radius 3 is 2.79 bits per heavy atom. The van der Waals surface area contributed by atoms with E-state index in [-0.39, 0.29) is 5.78 Å². The number of hydrogen-bond donors (Lipinski definition) is 0. The van der Waals surface area contributed by atoms with E-state index in [9.17, 15) is 4.79 Å². The zero-order valence-electron chi connectivity index (χ0n) is 7.11. The highest BCUT2D eigenvalue weighted by Gasteiger charge is 2.10. The molecule has 2 nitrogen and oxygen atoms in total. The van der Waals surface area contributed by atoms with E-state index in [1.807, 2.05) is 11.4 Å². The number of carbonyl (C=O) groups excluding carboxylic acids is 1. The van der Waals surface area contributed by atoms with Gasteiger partial charge >= 0.3 is 0 Å². The van der Waals surface area contributed by atoms with Crippen LogP contribution in [0.2, 0.25) is 5.02 Å². The fraction of sp³-hybridized carbons (Fsp3) is 0. The maximum atomic E-state index is 11.7. The lowest BCUT2D eigenvalue weighted by Gasteiger charge is -1.96. The monoisotopic (exact) mass is 223 g/mol. The lowest BCUT2D eigenvalue weighted by molar-refractivity contribution is 0.103. The number of hydrogen-bond acceptors (Lipinski definition) is 3. The predicted molar refractivity (Wildman–Crippen MR) is 57.0 cm³/mol. The zero-order valence-corrected chi connectivity index (χ0v) is 8.68. The molecule has 4 heteroatoms. The SMILES string of the molecule is O=C(c1ccc(Cl)cn1)c1cccs1. The molecule has 70 valence electrons. The van der Waals surface area contributed by atoms with Gasteiger partial charge in [0.25, 0.3) is 0 Å². The van der Waals surface area contributed by atoms with Crippen LogP contribution in [0.15, 0.2) is 35.8 Å². The third-order valence-electron chi connectivity index (χ3n) is 1.70. The molecule has 0 aromatic carbocycles. The summed E-state index contributed by atoms with van der Waals surface area (Å²) in [5.41, 5.74) is 0.428. The van der Waals surface area contributed by atoms with Crippen LogP contribution < -0.4 is 0 Å². The summed E-state index contributed by atoms with van der Waals surface area (Å²) in [6, 6.07) is 6.91. The third kappa shape index (κ3) is 1.84. The van der Waals surface area contributed by atoms with Crippen molar-refractivity contribution in [3.63, 3.8) is 0 Å². The van der Waals surface area contributed by atoms with Crippen molar-refractivity contribution in [1.29, 1.82) is 0 Å². The Bertz CT molecular complexity index is 436. The van der Waals surface area contributed by atoms with E-state index in [0.29, 0.717) is 15.6 Å². The molecular formula is C10H6ClNOS. The van der Waals surface area contributed by atoms with Crippen molar-refractivity contribution in [3.8, 4) is 0 Å². The maximum Gasteiger partial charge on any atom is 0.221 e. The van der Waals surface area contributed by atoms with E-state index in [4.69, 9.17) is 11.6 Å². The minimum atomic E-state index is -0.0586. The van der Waals surface area contributed by atoms with Gasteiger partial charge in [-0.1, -0.05) is 17.7 Å². The van der Waals surface area contributed by atoms with Gasteiger partial charge in [-0.25, -0.2) is 0 Å². The number of nitrogens with zero attached hydrogens (tertiary/aromatic N) is 1. The fourth-order valence-electron chi connectivity index (χ4n) is 1.04. The molecule has 2 rings (SSSR count). The highest BCUT2D eigenvalue weighted by Crippen LogP contribution is 2.14. The second kappa shape index (κ2) is 3.90. The first-order valence-electron chi connectivity index (χ1n) is 3.97. The number of carbonyl (C=O) groups is 1. The van der Waals surface area contributed by atoms with Crippen LogP contribution in [0.1, 0.15) is 15.4 Å². The van der Waals surface area contributed by atoms with Gasteiger partial charge < -0.3 is 0 Å². The minimum Gasteiger partial charge on any atom is -0.286 e. The molecule has 0 radical (unpaired) electrons. The van der Waals surface area contributed by atoms with E-state index in [2.05, 4.69) is 4.98 Å². The summed E-state index contributed by atoms with van der Waals surface area (Å²) in [5, 5.41) is 2.40. The van der Waals surface area contributed by atoms with Crippen LogP contribution in [0.4, 0.5) is 0 Å². The molecule has 0 unspecified atom stereocenters. The minimum absolute atomic E-state index is 0.0586. The van der Waals surface area contributed by atoms with E-state index in [1.165, 1.54) is 17.5 Å². The lowest BCUT2D eigenvalue weighted by Crippen LogP contribution is -2.00. The van der Waals surface area contributed by atoms with Crippen LogP contribution in [0, 0.1) is 0 Å². The van der Waals surface area contributed by atoms with Crippen LogP contribution in [0.3, 0.4) is 0 Å². The molecule has 2 aromatic heterocycles.